The van der Waals surface area contributed by atoms with E-state index in [0.717, 1.165) is 5.56 Å². The Kier molecular flexibility index (Phi) is 5.06. The summed E-state index contributed by atoms with van der Waals surface area (Å²) in [6, 6.07) is 8.28. The minimum atomic E-state index is -3.55. The van der Waals surface area contributed by atoms with Gasteiger partial charge in [0.2, 0.25) is 10.0 Å². The first-order chi connectivity index (χ1) is 8.80. The van der Waals surface area contributed by atoms with Crippen molar-refractivity contribution in [3.05, 3.63) is 29.8 Å². The van der Waals surface area contributed by atoms with Crippen molar-refractivity contribution in [2.75, 3.05) is 13.7 Å². The molecule has 0 aliphatic rings. The molecular formula is C13H18N2O3S. The Balaban J connectivity index is 2.81. The maximum absolute atomic E-state index is 12.0. The minimum absolute atomic E-state index is 0.182. The Bertz CT molecular complexity index is 557. The summed E-state index contributed by atoms with van der Waals surface area (Å²) in [5.74, 6) is 0. The lowest BCUT2D eigenvalue weighted by Gasteiger charge is -2.23. The van der Waals surface area contributed by atoms with Crippen molar-refractivity contribution >= 4 is 10.0 Å². The molecule has 19 heavy (non-hydrogen) atoms. The summed E-state index contributed by atoms with van der Waals surface area (Å²) in [4.78, 5) is 0.182. The Labute approximate surface area is 114 Å². The Morgan fingerprint density at radius 3 is 2.37 bits per heavy atom. The van der Waals surface area contributed by atoms with Gasteiger partial charge in [0.05, 0.1) is 23.0 Å². The van der Waals surface area contributed by atoms with E-state index in [0.29, 0.717) is 0 Å². The lowest BCUT2D eigenvalue weighted by Crippen LogP contribution is -2.39. The van der Waals surface area contributed by atoms with Crippen LogP contribution in [0.1, 0.15) is 19.4 Å². The van der Waals surface area contributed by atoms with Crippen LogP contribution in [0.3, 0.4) is 0 Å². The van der Waals surface area contributed by atoms with Gasteiger partial charge in [0, 0.05) is 13.7 Å². The third-order valence-corrected chi connectivity index (χ3v) is 4.17. The summed E-state index contributed by atoms with van der Waals surface area (Å²) >= 11 is 0. The quantitative estimate of drug-likeness (QED) is 0.856. The van der Waals surface area contributed by atoms with Crippen LogP contribution >= 0.6 is 0 Å². The summed E-state index contributed by atoms with van der Waals surface area (Å²) < 4.78 is 31.7. The molecule has 6 heteroatoms. The SMILES string of the molecule is COC(C)(C)CNS(=O)(=O)c1ccc(CC#N)cc1. The molecule has 104 valence electrons. The summed E-state index contributed by atoms with van der Waals surface area (Å²) in [6.45, 7) is 3.78. The second-order valence-electron chi connectivity index (χ2n) is 4.77. The number of ether oxygens (including phenoxy) is 1. The first kappa shape index (κ1) is 15.6. The lowest BCUT2D eigenvalue weighted by molar-refractivity contribution is 0.0276. The normalized spacial score (nSPS) is 12.1. The van der Waals surface area contributed by atoms with E-state index in [4.69, 9.17) is 10.00 Å². The van der Waals surface area contributed by atoms with Gasteiger partial charge in [0.15, 0.2) is 0 Å². The molecule has 0 amide bonds. The number of sulfonamides is 1. The van der Waals surface area contributed by atoms with Crippen LogP contribution in [-0.2, 0) is 21.2 Å². The molecule has 5 nitrogen and oxygen atoms in total. The molecule has 0 radical (unpaired) electrons. The summed E-state index contributed by atoms with van der Waals surface area (Å²) in [7, 11) is -2.02. The minimum Gasteiger partial charge on any atom is -0.377 e. The van der Waals surface area contributed by atoms with Gasteiger partial charge in [0.1, 0.15) is 0 Å². The third-order valence-electron chi connectivity index (χ3n) is 2.76. The molecule has 1 rings (SSSR count). The molecule has 1 aromatic rings. The lowest BCUT2D eigenvalue weighted by atomic mass is 10.1. The van der Waals surface area contributed by atoms with Crippen molar-refractivity contribution in [1.29, 1.82) is 5.26 Å². The largest absolute Gasteiger partial charge is 0.377 e. The van der Waals surface area contributed by atoms with E-state index in [-0.39, 0.29) is 17.9 Å². The van der Waals surface area contributed by atoms with Crippen LogP contribution in [0, 0.1) is 11.3 Å². The number of methoxy groups -OCH3 is 1. The number of nitriles is 1. The van der Waals surface area contributed by atoms with Crippen molar-refractivity contribution in [3.63, 3.8) is 0 Å². The number of hydrogen-bond acceptors (Lipinski definition) is 4. The van der Waals surface area contributed by atoms with Crippen LogP contribution in [0.15, 0.2) is 29.2 Å². The molecule has 0 bridgehead atoms. The van der Waals surface area contributed by atoms with Crippen molar-refractivity contribution in [3.8, 4) is 6.07 Å². The van der Waals surface area contributed by atoms with Gasteiger partial charge in [-0.15, -0.1) is 0 Å². The van der Waals surface area contributed by atoms with E-state index < -0.39 is 15.6 Å². The molecule has 0 saturated carbocycles. The fourth-order valence-corrected chi connectivity index (χ4v) is 2.50. The van der Waals surface area contributed by atoms with Gasteiger partial charge >= 0.3 is 0 Å². The zero-order valence-corrected chi connectivity index (χ0v) is 12.1. The van der Waals surface area contributed by atoms with Crippen LogP contribution in [0.4, 0.5) is 0 Å². The van der Waals surface area contributed by atoms with Crippen LogP contribution in [0.25, 0.3) is 0 Å². The molecule has 0 unspecified atom stereocenters. The highest BCUT2D eigenvalue weighted by Crippen LogP contribution is 2.12. The Hall–Kier alpha value is -1.42. The molecule has 0 aliphatic heterocycles. The van der Waals surface area contributed by atoms with Gasteiger partial charge in [-0.2, -0.15) is 5.26 Å². The number of benzene rings is 1. The highest BCUT2D eigenvalue weighted by atomic mass is 32.2. The number of nitrogens with one attached hydrogen (secondary N) is 1. The molecule has 0 saturated heterocycles. The molecule has 0 spiro atoms. The van der Waals surface area contributed by atoms with Crippen LogP contribution in [0.5, 0.6) is 0 Å². The van der Waals surface area contributed by atoms with E-state index in [1.807, 2.05) is 6.07 Å². The van der Waals surface area contributed by atoms with Crippen molar-refractivity contribution in [2.24, 2.45) is 0 Å². The number of hydrogen-bond donors (Lipinski definition) is 1. The van der Waals surface area contributed by atoms with Gasteiger partial charge < -0.3 is 4.74 Å². The first-order valence-corrected chi connectivity index (χ1v) is 7.30. The predicted octanol–water partition coefficient (Wildman–Crippen LogP) is 1.46. The second kappa shape index (κ2) is 6.15. The zero-order valence-electron chi connectivity index (χ0n) is 11.3. The molecule has 0 heterocycles. The van der Waals surface area contributed by atoms with Gasteiger partial charge in [0.25, 0.3) is 0 Å². The monoisotopic (exact) mass is 282 g/mol. The summed E-state index contributed by atoms with van der Waals surface area (Å²) in [5.41, 5.74) is 0.229. The number of nitrogens with zero attached hydrogens (tertiary/aromatic N) is 1. The van der Waals surface area contributed by atoms with Gasteiger partial charge in [-0.25, -0.2) is 13.1 Å². The predicted molar refractivity (Wildman–Crippen MR) is 72.0 cm³/mol. The summed E-state index contributed by atoms with van der Waals surface area (Å²) in [5, 5.41) is 8.56. The fourth-order valence-electron chi connectivity index (χ4n) is 1.30. The Morgan fingerprint density at radius 2 is 1.89 bits per heavy atom. The zero-order chi connectivity index (χ0) is 14.5. The molecule has 0 aliphatic carbocycles. The Morgan fingerprint density at radius 1 is 1.32 bits per heavy atom. The smallest absolute Gasteiger partial charge is 0.240 e. The van der Waals surface area contributed by atoms with E-state index in [1.54, 1.807) is 26.0 Å². The maximum Gasteiger partial charge on any atom is 0.240 e. The van der Waals surface area contributed by atoms with Crippen molar-refractivity contribution < 1.29 is 13.2 Å². The van der Waals surface area contributed by atoms with Crippen molar-refractivity contribution in [1.82, 2.24) is 4.72 Å². The molecular weight excluding hydrogens is 264 g/mol. The van der Waals surface area contributed by atoms with E-state index >= 15 is 0 Å². The van der Waals surface area contributed by atoms with Crippen LogP contribution < -0.4 is 4.72 Å². The summed E-state index contributed by atoms with van der Waals surface area (Å²) in [6.07, 6.45) is 0.268. The maximum atomic E-state index is 12.0. The molecule has 1 N–H and O–H groups in total. The van der Waals surface area contributed by atoms with Crippen LogP contribution in [0.2, 0.25) is 0 Å². The van der Waals surface area contributed by atoms with Gasteiger partial charge in [-0.1, -0.05) is 12.1 Å². The topological polar surface area (TPSA) is 79.2 Å². The molecule has 0 atom stereocenters. The molecule has 0 aromatic heterocycles. The third kappa shape index (κ3) is 4.63. The molecule has 0 fully saturated rings. The van der Waals surface area contributed by atoms with Crippen molar-refractivity contribution in [2.45, 2.75) is 30.8 Å². The van der Waals surface area contributed by atoms with E-state index in [1.165, 1.54) is 19.2 Å². The standard InChI is InChI=1S/C13H18N2O3S/c1-13(2,18-3)10-15-19(16,17)12-6-4-11(5-7-12)8-9-14/h4-7,15H,8,10H2,1-3H3. The van der Waals surface area contributed by atoms with Gasteiger partial charge in [-0.05, 0) is 31.5 Å². The number of rotatable bonds is 6. The highest BCUT2D eigenvalue weighted by molar-refractivity contribution is 7.89. The van der Waals surface area contributed by atoms with Crippen LogP contribution in [-0.4, -0.2) is 27.7 Å². The average molecular weight is 282 g/mol. The second-order valence-corrected chi connectivity index (χ2v) is 6.53. The average Bonchev–Trinajstić information content (AvgIpc) is 2.38. The van der Waals surface area contributed by atoms with Gasteiger partial charge in [-0.3, -0.25) is 0 Å². The highest BCUT2D eigenvalue weighted by Gasteiger charge is 2.21. The molecule has 1 aromatic carbocycles. The van der Waals surface area contributed by atoms with E-state index in [9.17, 15) is 8.42 Å². The van der Waals surface area contributed by atoms with E-state index in [2.05, 4.69) is 4.72 Å². The first-order valence-electron chi connectivity index (χ1n) is 5.81. The fraction of sp³-hybridized carbons (Fsp3) is 0.462.